The van der Waals surface area contributed by atoms with E-state index in [1.807, 2.05) is 6.92 Å². The molecule has 0 saturated carbocycles. The van der Waals surface area contributed by atoms with Gasteiger partial charge in [0, 0.05) is 12.2 Å². The van der Waals surface area contributed by atoms with E-state index in [1.165, 1.54) is 11.1 Å². The molecule has 8 heteroatoms. The molecule has 29 heavy (non-hydrogen) atoms. The molecule has 1 unspecified atom stereocenters. The maximum absolute atomic E-state index is 11.8. The maximum Gasteiger partial charge on any atom is 0.239 e. The third kappa shape index (κ3) is 3.69. The number of benzene rings is 1. The van der Waals surface area contributed by atoms with E-state index in [9.17, 15) is 8.42 Å². The number of nitrogens with zero attached hydrogens (tertiary/aromatic N) is 3. The molecule has 1 atom stereocenters. The van der Waals surface area contributed by atoms with Crippen molar-refractivity contribution in [2.75, 3.05) is 16.3 Å². The highest BCUT2D eigenvalue weighted by molar-refractivity contribution is 7.91. The van der Waals surface area contributed by atoms with Gasteiger partial charge in [-0.25, -0.2) is 13.4 Å². The van der Waals surface area contributed by atoms with E-state index in [1.54, 1.807) is 0 Å². The lowest BCUT2D eigenvalue weighted by atomic mass is 10.1. The number of hydrogen-bond donors (Lipinski definition) is 2. The van der Waals surface area contributed by atoms with Crippen LogP contribution >= 0.6 is 0 Å². The summed E-state index contributed by atoms with van der Waals surface area (Å²) in [5, 5.41) is 3.60. The minimum Gasteiger partial charge on any atom is -0.361 e. The summed E-state index contributed by atoms with van der Waals surface area (Å²) in [5.74, 6) is 0.776. The summed E-state index contributed by atoms with van der Waals surface area (Å²) in [4.78, 5) is 9.13. The molecule has 0 spiro atoms. The smallest absolute Gasteiger partial charge is 0.239 e. The van der Waals surface area contributed by atoms with Crippen LogP contribution in [0.25, 0.3) is 11.0 Å². The first-order valence-electron chi connectivity index (χ1n) is 9.98. The summed E-state index contributed by atoms with van der Waals surface area (Å²) in [7, 11) is -3.47. The number of fused-ring (bicyclic) bond motifs is 2. The first-order chi connectivity index (χ1) is 13.8. The van der Waals surface area contributed by atoms with E-state index < -0.39 is 10.0 Å². The van der Waals surface area contributed by atoms with Crippen LogP contribution in [-0.4, -0.2) is 29.2 Å². The van der Waals surface area contributed by atoms with E-state index in [0.29, 0.717) is 5.82 Å². The summed E-state index contributed by atoms with van der Waals surface area (Å²) in [6.07, 6.45) is 4.09. The fraction of sp³-hybridized carbons (Fsp3) is 0.429. The Hall–Kier alpha value is -2.61. The van der Waals surface area contributed by atoms with Crippen LogP contribution in [0.1, 0.15) is 48.2 Å². The molecule has 0 bridgehead atoms. The minimum absolute atomic E-state index is 0.102. The summed E-state index contributed by atoms with van der Waals surface area (Å²) in [6, 6.07) is 8.57. The van der Waals surface area contributed by atoms with Gasteiger partial charge in [0.2, 0.25) is 16.0 Å². The molecular formula is C21H27N5O2S. The maximum atomic E-state index is 11.8. The van der Waals surface area contributed by atoms with Gasteiger partial charge in [0.1, 0.15) is 5.52 Å². The molecule has 1 aliphatic rings. The standard InChI is InChI=1S/C21H27N5O2S/c1-5-12-26-14(3)13(2)18-19(26)20(24-21(23-18)25-29(4,27)28)22-17-11-10-15-8-6-7-9-16(15)17/h6-9,17H,5,10-12H2,1-4H3,(H2,22,23,24,25). The van der Waals surface area contributed by atoms with Gasteiger partial charge in [0.05, 0.1) is 17.8 Å². The van der Waals surface area contributed by atoms with Crippen molar-refractivity contribution in [2.45, 2.75) is 52.6 Å². The van der Waals surface area contributed by atoms with Crippen LogP contribution in [0.5, 0.6) is 0 Å². The first kappa shape index (κ1) is 19.7. The van der Waals surface area contributed by atoms with Gasteiger partial charge in [-0.05, 0) is 49.8 Å². The summed E-state index contributed by atoms with van der Waals surface area (Å²) >= 11 is 0. The Morgan fingerprint density at radius 1 is 1.21 bits per heavy atom. The second kappa shape index (κ2) is 7.33. The predicted molar refractivity (Wildman–Crippen MR) is 117 cm³/mol. The van der Waals surface area contributed by atoms with Crippen LogP contribution < -0.4 is 10.0 Å². The zero-order valence-electron chi connectivity index (χ0n) is 17.3. The molecular weight excluding hydrogens is 386 g/mol. The summed E-state index contributed by atoms with van der Waals surface area (Å²) < 4.78 is 28.3. The third-order valence-corrected chi connectivity index (χ3v) is 6.18. The zero-order valence-corrected chi connectivity index (χ0v) is 18.1. The lowest BCUT2D eigenvalue weighted by Gasteiger charge is -2.18. The number of aryl methyl sites for hydroxylation is 3. The van der Waals surface area contributed by atoms with Crippen molar-refractivity contribution in [1.82, 2.24) is 14.5 Å². The molecule has 2 aromatic heterocycles. The quantitative estimate of drug-likeness (QED) is 0.639. The summed E-state index contributed by atoms with van der Waals surface area (Å²) in [5.41, 5.74) is 6.51. The van der Waals surface area contributed by atoms with Crippen molar-refractivity contribution in [2.24, 2.45) is 0 Å². The fourth-order valence-electron chi connectivity index (χ4n) is 4.20. The fourth-order valence-corrected chi connectivity index (χ4v) is 4.62. The topological polar surface area (TPSA) is 88.9 Å². The van der Waals surface area contributed by atoms with E-state index in [2.05, 4.69) is 62.7 Å². The van der Waals surface area contributed by atoms with E-state index in [0.717, 1.165) is 54.4 Å². The van der Waals surface area contributed by atoms with Gasteiger partial charge in [-0.15, -0.1) is 0 Å². The van der Waals surface area contributed by atoms with Crippen molar-refractivity contribution < 1.29 is 8.42 Å². The Morgan fingerprint density at radius 3 is 2.69 bits per heavy atom. The number of anilines is 2. The minimum atomic E-state index is -3.47. The average molecular weight is 414 g/mol. The van der Waals surface area contributed by atoms with Gasteiger partial charge in [-0.1, -0.05) is 31.2 Å². The van der Waals surface area contributed by atoms with Crippen LogP contribution in [0, 0.1) is 13.8 Å². The molecule has 0 aliphatic heterocycles. The molecule has 4 rings (SSSR count). The Kier molecular flexibility index (Phi) is 4.98. The van der Waals surface area contributed by atoms with Crippen LogP contribution in [-0.2, 0) is 23.0 Å². The molecule has 3 aromatic rings. The largest absolute Gasteiger partial charge is 0.361 e. The number of nitrogens with one attached hydrogen (secondary N) is 2. The molecule has 2 heterocycles. The Balaban J connectivity index is 1.87. The van der Waals surface area contributed by atoms with Crippen molar-refractivity contribution in [1.29, 1.82) is 0 Å². The highest BCUT2D eigenvalue weighted by Crippen LogP contribution is 2.37. The lowest BCUT2D eigenvalue weighted by molar-refractivity contribution is 0.606. The summed E-state index contributed by atoms with van der Waals surface area (Å²) in [6.45, 7) is 7.09. The number of sulfonamides is 1. The zero-order chi connectivity index (χ0) is 20.8. The van der Waals surface area contributed by atoms with Crippen molar-refractivity contribution in [3.63, 3.8) is 0 Å². The van der Waals surface area contributed by atoms with Crippen LogP contribution in [0.4, 0.5) is 11.8 Å². The highest BCUT2D eigenvalue weighted by Gasteiger charge is 2.25. The van der Waals surface area contributed by atoms with Crippen molar-refractivity contribution >= 4 is 32.8 Å². The molecule has 1 aromatic carbocycles. The second-order valence-electron chi connectivity index (χ2n) is 7.76. The van der Waals surface area contributed by atoms with Gasteiger partial charge in [0.15, 0.2) is 5.82 Å². The van der Waals surface area contributed by atoms with E-state index >= 15 is 0 Å². The molecule has 0 saturated heterocycles. The second-order valence-corrected chi connectivity index (χ2v) is 9.51. The lowest BCUT2D eigenvalue weighted by Crippen LogP contribution is -2.15. The monoisotopic (exact) mass is 413 g/mol. The van der Waals surface area contributed by atoms with Crippen molar-refractivity contribution in [3.05, 3.63) is 46.6 Å². The molecule has 1 aliphatic carbocycles. The molecule has 2 N–H and O–H groups in total. The normalized spacial score (nSPS) is 16.2. The number of hydrogen-bond acceptors (Lipinski definition) is 5. The Bertz CT molecular complexity index is 1180. The van der Waals surface area contributed by atoms with Gasteiger partial charge in [-0.2, -0.15) is 4.98 Å². The van der Waals surface area contributed by atoms with E-state index in [4.69, 9.17) is 0 Å². The molecule has 7 nitrogen and oxygen atoms in total. The molecule has 0 radical (unpaired) electrons. The number of rotatable bonds is 6. The Labute approximate surface area is 171 Å². The highest BCUT2D eigenvalue weighted by atomic mass is 32.2. The molecule has 0 fully saturated rings. The van der Waals surface area contributed by atoms with Gasteiger partial charge < -0.3 is 9.88 Å². The number of aromatic nitrogens is 3. The molecule has 0 amide bonds. The first-order valence-corrected chi connectivity index (χ1v) is 11.9. The van der Waals surface area contributed by atoms with Gasteiger partial charge in [-0.3, -0.25) is 4.72 Å². The average Bonchev–Trinajstić information content (AvgIpc) is 3.16. The third-order valence-electron chi connectivity index (χ3n) is 5.62. The molecule has 154 valence electrons. The van der Waals surface area contributed by atoms with Gasteiger partial charge >= 0.3 is 0 Å². The van der Waals surface area contributed by atoms with Gasteiger partial charge in [0.25, 0.3) is 0 Å². The van der Waals surface area contributed by atoms with Crippen LogP contribution in [0.2, 0.25) is 0 Å². The van der Waals surface area contributed by atoms with Crippen LogP contribution in [0.3, 0.4) is 0 Å². The predicted octanol–water partition coefficient (Wildman–Crippen LogP) is 3.93. The van der Waals surface area contributed by atoms with E-state index in [-0.39, 0.29) is 12.0 Å². The van der Waals surface area contributed by atoms with Crippen LogP contribution in [0.15, 0.2) is 24.3 Å². The van der Waals surface area contributed by atoms with Crippen molar-refractivity contribution in [3.8, 4) is 0 Å². The Morgan fingerprint density at radius 2 is 1.97 bits per heavy atom. The SMILES string of the molecule is CCCn1c(C)c(C)c2nc(NS(C)(=O)=O)nc(NC3CCc4ccccc43)c21.